The number of halogens is 1. The van der Waals surface area contributed by atoms with Crippen molar-refractivity contribution in [1.29, 1.82) is 0 Å². The fourth-order valence-electron chi connectivity index (χ4n) is 2.56. The van der Waals surface area contributed by atoms with Gasteiger partial charge in [-0.1, -0.05) is 18.2 Å². The molecule has 1 heterocycles. The maximum atomic E-state index is 12.8. The van der Waals surface area contributed by atoms with Gasteiger partial charge >= 0.3 is 6.09 Å². The number of amides is 2. The van der Waals surface area contributed by atoms with Gasteiger partial charge in [0.2, 0.25) is 0 Å². The zero-order valence-electron chi connectivity index (χ0n) is 14.1. The molecule has 0 aliphatic carbocycles. The Kier molecular flexibility index (Phi) is 5.68. The molecule has 1 aliphatic heterocycles. The van der Waals surface area contributed by atoms with Crippen LogP contribution < -0.4 is 9.47 Å². The molecule has 0 aromatic heterocycles. The minimum absolute atomic E-state index is 0.125. The van der Waals surface area contributed by atoms with Crippen LogP contribution in [0, 0.1) is 5.82 Å². The minimum Gasteiger partial charge on any atom is -0.484 e. The molecule has 1 saturated heterocycles. The number of ether oxygens (including phenoxy) is 2. The van der Waals surface area contributed by atoms with E-state index in [2.05, 4.69) is 0 Å². The number of rotatable bonds is 4. The van der Waals surface area contributed by atoms with Crippen LogP contribution in [0.1, 0.15) is 0 Å². The lowest BCUT2D eigenvalue weighted by Gasteiger charge is -2.34. The molecule has 2 aromatic carbocycles. The van der Waals surface area contributed by atoms with Crippen molar-refractivity contribution in [2.45, 2.75) is 0 Å². The van der Waals surface area contributed by atoms with Crippen LogP contribution >= 0.6 is 0 Å². The zero-order chi connectivity index (χ0) is 18.4. The molecule has 0 bridgehead atoms. The van der Waals surface area contributed by atoms with E-state index in [0.29, 0.717) is 37.7 Å². The molecule has 1 aliphatic rings. The molecule has 2 aromatic rings. The molecular formula is C19H19FN2O4. The van der Waals surface area contributed by atoms with Crippen LogP contribution in [0.2, 0.25) is 0 Å². The Labute approximate surface area is 150 Å². The van der Waals surface area contributed by atoms with Crippen LogP contribution in [0.25, 0.3) is 0 Å². The molecule has 7 heteroatoms. The zero-order valence-corrected chi connectivity index (χ0v) is 14.1. The maximum Gasteiger partial charge on any atom is 0.415 e. The molecule has 1 fully saturated rings. The van der Waals surface area contributed by atoms with Gasteiger partial charge in [-0.2, -0.15) is 0 Å². The van der Waals surface area contributed by atoms with Gasteiger partial charge in [0.1, 0.15) is 17.3 Å². The predicted octanol–water partition coefficient (Wildman–Crippen LogP) is 2.55. The first-order valence-corrected chi connectivity index (χ1v) is 8.30. The van der Waals surface area contributed by atoms with Gasteiger partial charge in [0, 0.05) is 26.2 Å². The van der Waals surface area contributed by atoms with Crippen LogP contribution in [0.15, 0.2) is 54.6 Å². The third kappa shape index (κ3) is 4.72. The van der Waals surface area contributed by atoms with Gasteiger partial charge in [-0.3, -0.25) is 4.79 Å². The quantitative estimate of drug-likeness (QED) is 0.843. The number of hydrogen-bond donors (Lipinski definition) is 0. The van der Waals surface area contributed by atoms with Crippen molar-refractivity contribution in [2.75, 3.05) is 32.8 Å². The van der Waals surface area contributed by atoms with E-state index in [-0.39, 0.29) is 18.3 Å². The Balaban J connectivity index is 1.43. The molecule has 0 unspecified atom stereocenters. The van der Waals surface area contributed by atoms with Crippen molar-refractivity contribution < 1.29 is 23.5 Å². The monoisotopic (exact) mass is 358 g/mol. The van der Waals surface area contributed by atoms with E-state index in [1.807, 2.05) is 6.07 Å². The largest absolute Gasteiger partial charge is 0.484 e. The van der Waals surface area contributed by atoms with E-state index in [0.717, 1.165) is 0 Å². The molecule has 0 N–H and O–H groups in total. The highest BCUT2D eigenvalue weighted by atomic mass is 19.1. The van der Waals surface area contributed by atoms with Gasteiger partial charge in [-0.25, -0.2) is 9.18 Å². The van der Waals surface area contributed by atoms with E-state index in [1.54, 1.807) is 34.1 Å². The summed E-state index contributed by atoms with van der Waals surface area (Å²) >= 11 is 0. The number of carbonyl (C=O) groups is 2. The third-order valence-corrected chi connectivity index (χ3v) is 4.01. The fraction of sp³-hybridized carbons (Fsp3) is 0.263. The van der Waals surface area contributed by atoms with E-state index in [4.69, 9.17) is 9.47 Å². The second-order valence-electron chi connectivity index (χ2n) is 5.79. The molecule has 0 saturated carbocycles. The highest BCUT2D eigenvalue weighted by molar-refractivity contribution is 5.78. The summed E-state index contributed by atoms with van der Waals surface area (Å²) in [5.41, 5.74) is 0. The summed E-state index contributed by atoms with van der Waals surface area (Å²) < 4.78 is 23.5. The van der Waals surface area contributed by atoms with E-state index in [9.17, 15) is 14.0 Å². The first kappa shape index (κ1) is 17.7. The van der Waals surface area contributed by atoms with Crippen LogP contribution in [0.5, 0.6) is 11.5 Å². The topological polar surface area (TPSA) is 59.1 Å². The van der Waals surface area contributed by atoms with Crippen LogP contribution in [0.4, 0.5) is 9.18 Å². The Morgan fingerprint density at radius 3 is 2.12 bits per heavy atom. The third-order valence-electron chi connectivity index (χ3n) is 4.01. The summed E-state index contributed by atoms with van der Waals surface area (Å²) in [6.07, 6.45) is -0.425. The molecule has 136 valence electrons. The van der Waals surface area contributed by atoms with E-state index < -0.39 is 6.09 Å². The second kappa shape index (κ2) is 8.33. The Hall–Kier alpha value is -3.09. The van der Waals surface area contributed by atoms with E-state index >= 15 is 0 Å². The summed E-state index contributed by atoms with van der Waals surface area (Å²) in [6.45, 7) is 1.49. The summed E-state index contributed by atoms with van der Waals surface area (Å²) in [5, 5.41) is 0. The first-order valence-electron chi connectivity index (χ1n) is 8.30. The Morgan fingerprint density at radius 1 is 0.846 bits per heavy atom. The minimum atomic E-state index is -0.425. The molecule has 26 heavy (non-hydrogen) atoms. The van der Waals surface area contributed by atoms with Gasteiger partial charge in [0.05, 0.1) is 0 Å². The maximum absolute atomic E-state index is 12.8. The molecule has 0 atom stereocenters. The number of para-hydroxylation sites is 1. The molecule has 2 amide bonds. The van der Waals surface area contributed by atoms with Crippen molar-refractivity contribution >= 4 is 12.0 Å². The Morgan fingerprint density at radius 2 is 1.46 bits per heavy atom. The van der Waals surface area contributed by atoms with Gasteiger partial charge in [0.15, 0.2) is 6.61 Å². The molecule has 6 nitrogen and oxygen atoms in total. The van der Waals surface area contributed by atoms with Gasteiger partial charge in [-0.15, -0.1) is 0 Å². The predicted molar refractivity (Wildman–Crippen MR) is 92.5 cm³/mol. The first-order chi connectivity index (χ1) is 12.6. The van der Waals surface area contributed by atoms with Gasteiger partial charge in [-0.05, 0) is 36.4 Å². The number of hydrogen-bond acceptors (Lipinski definition) is 4. The molecular weight excluding hydrogens is 339 g/mol. The van der Waals surface area contributed by atoms with E-state index in [1.165, 1.54) is 24.3 Å². The lowest BCUT2D eigenvalue weighted by Crippen LogP contribution is -2.52. The summed E-state index contributed by atoms with van der Waals surface area (Å²) in [7, 11) is 0. The number of nitrogens with zero attached hydrogens (tertiary/aromatic N) is 2. The highest BCUT2D eigenvalue weighted by Gasteiger charge is 2.25. The van der Waals surface area contributed by atoms with Crippen molar-refractivity contribution in [3.05, 3.63) is 60.4 Å². The van der Waals surface area contributed by atoms with Crippen molar-refractivity contribution in [2.24, 2.45) is 0 Å². The fourth-order valence-corrected chi connectivity index (χ4v) is 2.56. The van der Waals surface area contributed by atoms with Crippen LogP contribution in [0.3, 0.4) is 0 Å². The average Bonchev–Trinajstić information content (AvgIpc) is 2.68. The second-order valence-corrected chi connectivity index (χ2v) is 5.79. The number of benzene rings is 2. The summed E-state index contributed by atoms with van der Waals surface area (Å²) in [5.74, 6) is 0.390. The molecule has 0 spiro atoms. The smallest absolute Gasteiger partial charge is 0.415 e. The Bertz CT molecular complexity index is 744. The van der Waals surface area contributed by atoms with Crippen LogP contribution in [-0.4, -0.2) is 54.6 Å². The normalized spacial score (nSPS) is 14.0. The van der Waals surface area contributed by atoms with Crippen molar-refractivity contribution in [1.82, 2.24) is 9.80 Å². The van der Waals surface area contributed by atoms with Crippen molar-refractivity contribution in [3.8, 4) is 11.5 Å². The SMILES string of the molecule is O=C(COc1ccc(F)cc1)N1CCN(C(=O)Oc2ccccc2)CC1. The highest BCUT2D eigenvalue weighted by Crippen LogP contribution is 2.13. The molecule has 0 radical (unpaired) electrons. The average molecular weight is 358 g/mol. The molecule has 3 rings (SSSR count). The number of piperazine rings is 1. The lowest BCUT2D eigenvalue weighted by molar-refractivity contribution is -0.134. The summed E-state index contributed by atoms with van der Waals surface area (Å²) in [6, 6.07) is 14.3. The van der Waals surface area contributed by atoms with Gasteiger partial charge in [0.25, 0.3) is 5.91 Å². The standard InChI is InChI=1S/C19H19FN2O4/c20-15-6-8-16(9-7-15)25-14-18(23)21-10-12-22(13-11-21)19(24)26-17-4-2-1-3-5-17/h1-9H,10-14H2. The van der Waals surface area contributed by atoms with Crippen molar-refractivity contribution in [3.63, 3.8) is 0 Å². The van der Waals surface area contributed by atoms with Crippen LogP contribution in [-0.2, 0) is 4.79 Å². The number of carbonyl (C=O) groups excluding carboxylic acids is 2. The lowest BCUT2D eigenvalue weighted by atomic mass is 10.3. The summed E-state index contributed by atoms with van der Waals surface area (Å²) in [4.78, 5) is 27.5. The van der Waals surface area contributed by atoms with Gasteiger partial charge < -0.3 is 19.3 Å².